The van der Waals surface area contributed by atoms with Gasteiger partial charge in [0.15, 0.2) is 0 Å². The number of hydrogen-bond acceptors (Lipinski definition) is 3. The Morgan fingerprint density at radius 2 is 1.76 bits per heavy atom. The molecule has 0 aliphatic heterocycles. The van der Waals surface area contributed by atoms with E-state index >= 15 is 0 Å². The number of hydrogen-bond donors (Lipinski definition) is 0. The SMILES string of the molecule is CSc1ccc(-c2nc3ccc(C(F)(F)F)cc3s2)cc1. The highest BCUT2D eigenvalue weighted by molar-refractivity contribution is 7.98. The van der Waals surface area contributed by atoms with Crippen LogP contribution < -0.4 is 0 Å². The van der Waals surface area contributed by atoms with Crippen LogP contribution in [0.1, 0.15) is 5.56 Å². The van der Waals surface area contributed by atoms with Gasteiger partial charge in [-0.1, -0.05) is 12.1 Å². The minimum atomic E-state index is -4.32. The summed E-state index contributed by atoms with van der Waals surface area (Å²) in [5.41, 5.74) is 0.877. The topological polar surface area (TPSA) is 12.9 Å². The number of fused-ring (bicyclic) bond motifs is 1. The highest BCUT2D eigenvalue weighted by Gasteiger charge is 2.30. The highest BCUT2D eigenvalue weighted by atomic mass is 32.2. The van der Waals surface area contributed by atoms with Gasteiger partial charge in [0.1, 0.15) is 5.01 Å². The van der Waals surface area contributed by atoms with E-state index in [2.05, 4.69) is 4.98 Å². The van der Waals surface area contributed by atoms with Gasteiger partial charge in [0.2, 0.25) is 0 Å². The fraction of sp³-hybridized carbons (Fsp3) is 0.133. The summed E-state index contributed by atoms with van der Waals surface area (Å²) in [6.07, 6.45) is -2.33. The number of thiazole rings is 1. The van der Waals surface area contributed by atoms with E-state index in [-0.39, 0.29) is 0 Å². The second kappa shape index (κ2) is 5.35. The second-order valence-corrected chi connectivity index (χ2v) is 6.34. The third-order valence-electron chi connectivity index (χ3n) is 3.05. The van der Waals surface area contributed by atoms with Crippen molar-refractivity contribution in [2.24, 2.45) is 0 Å². The molecule has 1 nitrogen and oxygen atoms in total. The van der Waals surface area contributed by atoms with Crippen LogP contribution in [0.5, 0.6) is 0 Å². The van der Waals surface area contributed by atoms with Crippen molar-refractivity contribution in [3.8, 4) is 10.6 Å². The highest BCUT2D eigenvalue weighted by Crippen LogP contribution is 2.35. The molecular weight excluding hydrogens is 315 g/mol. The van der Waals surface area contributed by atoms with Crippen molar-refractivity contribution in [2.45, 2.75) is 11.1 Å². The molecule has 6 heteroatoms. The predicted octanol–water partition coefficient (Wildman–Crippen LogP) is 5.70. The number of alkyl halides is 3. The molecule has 0 bridgehead atoms. The van der Waals surface area contributed by atoms with E-state index < -0.39 is 11.7 Å². The van der Waals surface area contributed by atoms with E-state index in [0.29, 0.717) is 10.2 Å². The molecule has 3 aromatic rings. The fourth-order valence-corrected chi connectivity index (χ4v) is 3.38. The molecule has 0 fully saturated rings. The Bertz CT molecular complexity index is 776. The molecule has 0 N–H and O–H groups in total. The molecule has 21 heavy (non-hydrogen) atoms. The minimum absolute atomic E-state index is 0.550. The van der Waals surface area contributed by atoms with Crippen molar-refractivity contribution in [3.63, 3.8) is 0 Å². The van der Waals surface area contributed by atoms with E-state index in [1.165, 1.54) is 17.4 Å². The summed E-state index contributed by atoms with van der Waals surface area (Å²) in [6, 6.07) is 11.5. The van der Waals surface area contributed by atoms with Gasteiger partial charge in [-0.2, -0.15) is 13.2 Å². The van der Waals surface area contributed by atoms with Gasteiger partial charge < -0.3 is 0 Å². The van der Waals surface area contributed by atoms with E-state index in [1.807, 2.05) is 30.5 Å². The molecule has 0 saturated heterocycles. The summed E-state index contributed by atoms with van der Waals surface area (Å²) in [5, 5.41) is 0.733. The average molecular weight is 325 g/mol. The van der Waals surface area contributed by atoms with Crippen molar-refractivity contribution in [1.82, 2.24) is 4.98 Å². The lowest BCUT2D eigenvalue weighted by Gasteiger charge is -2.04. The summed E-state index contributed by atoms with van der Waals surface area (Å²) in [5.74, 6) is 0. The van der Waals surface area contributed by atoms with E-state index in [9.17, 15) is 13.2 Å². The maximum atomic E-state index is 12.7. The molecule has 0 radical (unpaired) electrons. The van der Waals surface area contributed by atoms with Crippen LogP contribution in [0.25, 0.3) is 20.8 Å². The average Bonchev–Trinajstić information content (AvgIpc) is 2.89. The van der Waals surface area contributed by atoms with Crippen LogP contribution in [0.4, 0.5) is 13.2 Å². The monoisotopic (exact) mass is 325 g/mol. The number of aromatic nitrogens is 1. The fourth-order valence-electron chi connectivity index (χ4n) is 1.96. The van der Waals surface area contributed by atoms with Crippen LogP contribution >= 0.6 is 23.1 Å². The van der Waals surface area contributed by atoms with Gasteiger partial charge in [-0.05, 0) is 36.6 Å². The zero-order valence-electron chi connectivity index (χ0n) is 10.9. The van der Waals surface area contributed by atoms with E-state index in [0.717, 1.165) is 27.6 Å². The van der Waals surface area contributed by atoms with Crippen LogP contribution in [0.15, 0.2) is 47.4 Å². The molecule has 0 unspecified atom stereocenters. The third kappa shape index (κ3) is 2.91. The zero-order chi connectivity index (χ0) is 15.0. The number of thioether (sulfide) groups is 1. The molecule has 0 saturated carbocycles. The van der Waals surface area contributed by atoms with Crippen LogP contribution in [0, 0.1) is 0 Å². The Morgan fingerprint density at radius 1 is 1.05 bits per heavy atom. The molecule has 0 spiro atoms. The maximum Gasteiger partial charge on any atom is 0.416 e. The third-order valence-corrected chi connectivity index (χ3v) is 4.86. The standard InChI is InChI=1S/C15H10F3NS2/c1-20-11-5-2-9(3-6-11)14-19-12-7-4-10(15(16,17)18)8-13(12)21-14/h2-8H,1H3. The molecule has 0 aliphatic rings. The quantitative estimate of drug-likeness (QED) is 0.560. The lowest BCUT2D eigenvalue weighted by molar-refractivity contribution is -0.137. The predicted molar refractivity (Wildman–Crippen MR) is 81.8 cm³/mol. The first-order valence-electron chi connectivity index (χ1n) is 6.09. The second-order valence-electron chi connectivity index (χ2n) is 4.43. The summed E-state index contributed by atoms with van der Waals surface area (Å²) >= 11 is 2.92. The van der Waals surface area contributed by atoms with Crippen LogP contribution in [-0.4, -0.2) is 11.2 Å². The van der Waals surface area contributed by atoms with Gasteiger partial charge in [-0.25, -0.2) is 4.98 Å². The molecule has 0 aliphatic carbocycles. The van der Waals surface area contributed by atoms with Crippen LogP contribution in [0.2, 0.25) is 0 Å². The maximum absolute atomic E-state index is 12.7. The van der Waals surface area contributed by atoms with Crippen LogP contribution in [0.3, 0.4) is 0 Å². The first kappa shape index (κ1) is 14.4. The zero-order valence-corrected chi connectivity index (χ0v) is 12.6. The summed E-state index contributed by atoms with van der Waals surface area (Å²) in [4.78, 5) is 5.54. The molecule has 1 aromatic heterocycles. The molecule has 108 valence electrons. The molecule has 0 atom stereocenters. The minimum Gasteiger partial charge on any atom is -0.236 e. The van der Waals surface area contributed by atoms with Gasteiger partial charge in [-0.3, -0.25) is 0 Å². The van der Waals surface area contributed by atoms with Crippen molar-refractivity contribution in [2.75, 3.05) is 6.26 Å². The van der Waals surface area contributed by atoms with Gasteiger partial charge >= 0.3 is 6.18 Å². The van der Waals surface area contributed by atoms with Crippen molar-refractivity contribution in [3.05, 3.63) is 48.0 Å². The summed E-state index contributed by atoms with van der Waals surface area (Å²) in [6.45, 7) is 0. The first-order valence-corrected chi connectivity index (χ1v) is 8.14. The van der Waals surface area contributed by atoms with Crippen LogP contribution in [-0.2, 0) is 6.18 Å². The largest absolute Gasteiger partial charge is 0.416 e. The van der Waals surface area contributed by atoms with Crippen molar-refractivity contribution >= 4 is 33.3 Å². The van der Waals surface area contributed by atoms with E-state index in [4.69, 9.17) is 0 Å². The summed E-state index contributed by atoms with van der Waals surface area (Å²) in [7, 11) is 0. The first-order chi connectivity index (χ1) is 9.97. The Hall–Kier alpha value is -1.53. The van der Waals surface area contributed by atoms with E-state index in [1.54, 1.807) is 11.8 Å². The summed E-state index contributed by atoms with van der Waals surface area (Å²) < 4.78 is 38.7. The normalized spacial score (nSPS) is 12.0. The lowest BCUT2D eigenvalue weighted by Crippen LogP contribution is -2.03. The number of halogens is 3. The lowest BCUT2D eigenvalue weighted by atomic mass is 10.2. The number of rotatable bonds is 2. The number of benzene rings is 2. The van der Waals surface area contributed by atoms with Gasteiger partial charge in [0.05, 0.1) is 15.8 Å². The Morgan fingerprint density at radius 3 is 2.38 bits per heavy atom. The van der Waals surface area contributed by atoms with Crippen molar-refractivity contribution < 1.29 is 13.2 Å². The van der Waals surface area contributed by atoms with Gasteiger partial charge in [-0.15, -0.1) is 23.1 Å². The Labute approximate surface area is 127 Å². The Balaban J connectivity index is 2.04. The van der Waals surface area contributed by atoms with Gasteiger partial charge in [0, 0.05) is 10.5 Å². The molecule has 1 heterocycles. The smallest absolute Gasteiger partial charge is 0.236 e. The van der Waals surface area contributed by atoms with Crippen molar-refractivity contribution in [1.29, 1.82) is 0 Å². The molecule has 0 amide bonds. The molecule has 2 aromatic carbocycles. The molecular formula is C15H10F3NS2. The van der Waals surface area contributed by atoms with Gasteiger partial charge in [0.25, 0.3) is 0 Å². The molecule has 3 rings (SSSR count). The Kier molecular flexibility index (Phi) is 3.67. The number of nitrogens with zero attached hydrogens (tertiary/aromatic N) is 1.